The number of likely N-dealkylation sites (tertiary alicyclic amines) is 1. The van der Waals surface area contributed by atoms with Crippen molar-refractivity contribution in [3.63, 3.8) is 0 Å². The molecule has 32 heavy (non-hydrogen) atoms. The molecule has 2 amide bonds. The van der Waals surface area contributed by atoms with Crippen LogP contribution in [0.2, 0.25) is 5.02 Å². The number of imidazole rings is 1. The topological polar surface area (TPSA) is 76.5 Å². The molecule has 1 fully saturated rings. The van der Waals surface area contributed by atoms with Crippen molar-refractivity contribution < 1.29 is 14.3 Å². The second-order valence-electron chi connectivity index (χ2n) is 7.92. The van der Waals surface area contributed by atoms with Gasteiger partial charge in [0, 0.05) is 18.1 Å². The number of hydrogen-bond acceptors (Lipinski definition) is 4. The number of rotatable bonds is 7. The van der Waals surface area contributed by atoms with E-state index >= 15 is 0 Å². The fourth-order valence-corrected chi connectivity index (χ4v) is 4.03. The molecule has 1 aliphatic rings. The molecule has 1 aliphatic heterocycles. The maximum atomic E-state index is 13.0. The van der Waals surface area contributed by atoms with E-state index in [1.807, 2.05) is 33.7 Å². The van der Waals surface area contributed by atoms with Gasteiger partial charge in [0.2, 0.25) is 5.91 Å². The van der Waals surface area contributed by atoms with Gasteiger partial charge < -0.3 is 19.5 Å². The lowest BCUT2D eigenvalue weighted by atomic mass is 10.2. The van der Waals surface area contributed by atoms with Gasteiger partial charge in [0.25, 0.3) is 5.91 Å². The molecular weight excluding hydrogens is 428 g/mol. The molecule has 0 unspecified atom stereocenters. The number of carbonyl (C=O) groups is 2. The summed E-state index contributed by atoms with van der Waals surface area (Å²) in [6, 6.07) is 14.5. The summed E-state index contributed by atoms with van der Waals surface area (Å²) >= 11 is 5.86. The molecule has 0 radical (unpaired) electrons. The Morgan fingerprint density at radius 1 is 1.00 bits per heavy atom. The average molecular weight is 455 g/mol. The van der Waals surface area contributed by atoms with Crippen LogP contribution in [0.5, 0.6) is 5.75 Å². The number of amides is 2. The minimum atomic E-state index is -0.266. The highest BCUT2D eigenvalue weighted by atomic mass is 35.5. The minimum absolute atomic E-state index is 0.0914. The van der Waals surface area contributed by atoms with Crippen LogP contribution in [0.15, 0.2) is 48.5 Å². The average Bonchev–Trinajstić information content (AvgIpc) is 2.96. The first kappa shape index (κ1) is 22.1. The van der Waals surface area contributed by atoms with E-state index < -0.39 is 0 Å². The van der Waals surface area contributed by atoms with Crippen molar-refractivity contribution in [1.82, 2.24) is 19.8 Å². The van der Waals surface area contributed by atoms with Crippen LogP contribution in [0.1, 0.15) is 31.5 Å². The van der Waals surface area contributed by atoms with Gasteiger partial charge in [-0.15, -0.1) is 0 Å². The van der Waals surface area contributed by atoms with Crippen molar-refractivity contribution in [2.75, 3.05) is 19.7 Å². The van der Waals surface area contributed by atoms with Crippen LogP contribution in [0.3, 0.4) is 0 Å². The molecule has 0 aliphatic carbocycles. The number of fused-ring (bicyclic) bond motifs is 1. The largest absolute Gasteiger partial charge is 0.484 e. The number of hydrogen-bond donors (Lipinski definition) is 1. The molecule has 2 aromatic carbocycles. The van der Waals surface area contributed by atoms with Gasteiger partial charge >= 0.3 is 0 Å². The van der Waals surface area contributed by atoms with Crippen LogP contribution in [-0.2, 0) is 22.7 Å². The lowest BCUT2D eigenvalue weighted by Gasteiger charge is -2.21. The van der Waals surface area contributed by atoms with E-state index in [4.69, 9.17) is 16.3 Å². The Labute approximate surface area is 192 Å². The molecule has 2 heterocycles. The minimum Gasteiger partial charge on any atom is -0.484 e. The lowest BCUT2D eigenvalue weighted by molar-refractivity contribution is -0.131. The number of ether oxygens (including phenoxy) is 1. The zero-order chi connectivity index (χ0) is 22.3. The predicted octanol–water partition coefficient (Wildman–Crippen LogP) is 3.79. The van der Waals surface area contributed by atoms with Crippen LogP contribution in [-0.4, -0.2) is 46.0 Å². The third-order valence-corrected chi connectivity index (χ3v) is 5.86. The highest BCUT2D eigenvalue weighted by Gasteiger charge is 2.19. The molecule has 0 saturated carbocycles. The molecule has 1 saturated heterocycles. The number of carbonyl (C=O) groups excluding carboxylic acids is 2. The van der Waals surface area contributed by atoms with Gasteiger partial charge in [0.05, 0.1) is 17.6 Å². The van der Waals surface area contributed by atoms with E-state index in [1.165, 1.54) is 12.8 Å². The van der Waals surface area contributed by atoms with Gasteiger partial charge in [-0.05, 0) is 49.2 Å². The standard InChI is InChI=1S/C24H27ClN4O3/c25-18-9-11-19(12-10-18)32-17-23(30)26-15-22-27-20-7-3-4-8-21(20)29(22)16-24(31)28-13-5-1-2-6-14-28/h3-4,7-12H,1-2,5-6,13-17H2,(H,26,30). The van der Waals surface area contributed by atoms with Crippen LogP contribution >= 0.6 is 11.6 Å². The smallest absolute Gasteiger partial charge is 0.258 e. The molecule has 3 aromatic rings. The van der Waals surface area contributed by atoms with Gasteiger partial charge in [0.15, 0.2) is 6.61 Å². The predicted molar refractivity (Wildman–Crippen MR) is 124 cm³/mol. The van der Waals surface area contributed by atoms with E-state index in [2.05, 4.69) is 10.3 Å². The Balaban J connectivity index is 1.42. The first-order chi connectivity index (χ1) is 15.6. The van der Waals surface area contributed by atoms with Crippen LogP contribution < -0.4 is 10.1 Å². The Morgan fingerprint density at radius 2 is 1.72 bits per heavy atom. The Morgan fingerprint density at radius 3 is 2.47 bits per heavy atom. The van der Waals surface area contributed by atoms with Crippen molar-refractivity contribution in [2.24, 2.45) is 0 Å². The molecule has 0 atom stereocenters. The summed E-state index contributed by atoms with van der Waals surface area (Å²) in [5, 5.41) is 3.45. The molecular formula is C24H27ClN4O3. The molecule has 8 heteroatoms. The summed E-state index contributed by atoms with van der Waals surface area (Å²) < 4.78 is 7.40. The normalized spacial score (nSPS) is 14.2. The van der Waals surface area contributed by atoms with Gasteiger partial charge in [-0.1, -0.05) is 36.6 Å². The van der Waals surface area contributed by atoms with Gasteiger partial charge in [0.1, 0.15) is 18.1 Å². The monoisotopic (exact) mass is 454 g/mol. The maximum Gasteiger partial charge on any atom is 0.258 e. The number of halogens is 1. The Bertz CT molecular complexity index is 1070. The molecule has 0 spiro atoms. The van der Waals surface area contributed by atoms with E-state index in [9.17, 15) is 9.59 Å². The Kier molecular flexibility index (Phi) is 7.27. The van der Waals surface area contributed by atoms with Crippen molar-refractivity contribution in [3.05, 3.63) is 59.4 Å². The van der Waals surface area contributed by atoms with E-state index in [0.29, 0.717) is 16.6 Å². The van der Waals surface area contributed by atoms with Crippen molar-refractivity contribution >= 4 is 34.4 Å². The van der Waals surface area contributed by atoms with Crippen LogP contribution in [0.4, 0.5) is 0 Å². The second kappa shape index (κ2) is 10.5. The summed E-state index contributed by atoms with van der Waals surface area (Å²) in [6.45, 7) is 1.92. The maximum absolute atomic E-state index is 13.0. The van der Waals surface area contributed by atoms with Gasteiger partial charge in [-0.2, -0.15) is 0 Å². The number of aromatic nitrogens is 2. The number of para-hydroxylation sites is 2. The van der Waals surface area contributed by atoms with Gasteiger partial charge in [-0.3, -0.25) is 9.59 Å². The molecule has 168 valence electrons. The molecule has 1 aromatic heterocycles. The fourth-order valence-electron chi connectivity index (χ4n) is 3.90. The van der Waals surface area contributed by atoms with E-state index in [0.717, 1.165) is 37.0 Å². The van der Waals surface area contributed by atoms with Crippen molar-refractivity contribution in [3.8, 4) is 5.75 Å². The summed E-state index contributed by atoms with van der Waals surface area (Å²) in [7, 11) is 0. The highest BCUT2D eigenvalue weighted by Crippen LogP contribution is 2.18. The molecule has 7 nitrogen and oxygen atoms in total. The van der Waals surface area contributed by atoms with Crippen molar-refractivity contribution in [1.29, 1.82) is 0 Å². The summed E-state index contributed by atoms with van der Waals surface area (Å²) in [5.41, 5.74) is 1.69. The summed E-state index contributed by atoms with van der Waals surface area (Å²) in [6.07, 6.45) is 4.44. The third kappa shape index (κ3) is 5.59. The zero-order valence-electron chi connectivity index (χ0n) is 17.9. The number of nitrogens with one attached hydrogen (secondary N) is 1. The highest BCUT2D eigenvalue weighted by molar-refractivity contribution is 6.30. The SMILES string of the molecule is O=C(COc1ccc(Cl)cc1)NCc1nc2ccccc2n1CC(=O)N1CCCCCC1. The fraction of sp³-hybridized carbons (Fsp3) is 0.375. The van der Waals surface area contributed by atoms with Crippen molar-refractivity contribution in [2.45, 2.75) is 38.8 Å². The second-order valence-corrected chi connectivity index (χ2v) is 8.35. The Hall–Kier alpha value is -3.06. The molecule has 4 rings (SSSR count). The number of nitrogens with zero attached hydrogens (tertiary/aromatic N) is 3. The zero-order valence-corrected chi connectivity index (χ0v) is 18.7. The lowest BCUT2D eigenvalue weighted by Crippen LogP contribution is -2.35. The summed E-state index contributed by atoms with van der Waals surface area (Å²) in [4.78, 5) is 31.9. The molecule has 0 bridgehead atoms. The summed E-state index contributed by atoms with van der Waals surface area (Å²) in [5.74, 6) is 1.04. The molecule has 1 N–H and O–H groups in total. The first-order valence-corrected chi connectivity index (χ1v) is 11.3. The quantitative estimate of drug-likeness (QED) is 0.589. The number of benzene rings is 2. The first-order valence-electron chi connectivity index (χ1n) is 11.0. The van der Waals surface area contributed by atoms with E-state index in [-0.39, 0.29) is 31.5 Å². The van der Waals surface area contributed by atoms with Crippen LogP contribution in [0.25, 0.3) is 11.0 Å². The van der Waals surface area contributed by atoms with Gasteiger partial charge in [-0.25, -0.2) is 4.98 Å². The van der Waals surface area contributed by atoms with E-state index in [1.54, 1.807) is 24.3 Å². The third-order valence-electron chi connectivity index (χ3n) is 5.61. The van der Waals surface area contributed by atoms with Crippen LogP contribution in [0, 0.1) is 0 Å².